The topological polar surface area (TPSA) is 209 Å². The Labute approximate surface area is 263 Å². The third kappa shape index (κ3) is 7.73. The maximum absolute atomic E-state index is 14.6. The van der Waals surface area contributed by atoms with Crippen molar-refractivity contribution in [3.8, 4) is 0 Å². The summed E-state index contributed by atoms with van der Waals surface area (Å²) in [6, 6.07) is 9.97. The average Bonchev–Trinajstić information content (AvgIpc) is 2.94. The second kappa shape index (κ2) is 13.2. The third-order valence-electron chi connectivity index (χ3n) is 7.21. The van der Waals surface area contributed by atoms with E-state index in [0.717, 1.165) is 12.3 Å². The summed E-state index contributed by atoms with van der Waals surface area (Å²) in [7, 11) is -10.8. The molecule has 0 radical (unpaired) electrons. The van der Waals surface area contributed by atoms with E-state index in [9.17, 15) is 35.2 Å². The van der Waals surface area contributed by atoms with Gasteiger partial charge in [0.05, 0.1) is 24.3 Å². The van der Waals surface area contributed by atoms with E-state index in [-0.39, 0.29) is 52.0 Å². The number of carbonyl (C=O) groups excluding carboxylic acids is 1. The first-order chi connectivity index (χ1) is 21.0. The zero-order chi connectivity index (χ0) is 33.2. The van der Waals surface area contributed by atoms with Gasteiger partial charge in [-0.3, -0.25) is 9.52 Å². The van der Waals surface area contributed by atoms with Crippen LogP contribution in [0.5, 0.6) is 0 Å². The van der Waals surface area contributed by atoms with Crippen LogP contribution in [0.3, 0.4) is 0 Å². The third-order valence-corrected chi connectivity index (χ3v) is 10.5. The number of anilines is 2. The highest BCUT2D eigenvalue weighted by Crippen LogP contribution is 2.43. The van der Waals surface area contributed by atoms with Gasteiger partial charge in [0.15, 0.2) is 11.6 Å². The molecule has 45 heavy (non-hydrogen) atoms. The van der Waals surface area contributed by atoms with Crippen molar-refractivity contribution < 1.29 is 39.9 Å². The number of hydrogen-bond donors (Lipinski definition) is 5. The summed E-state index contributed by atoms with van der Waals surface area (Å²) in [5, 5.41) is 17.2. The summed E-state index contributed by atoms with van der Waals surface area (Å²) in [5.41, 5.74) is -2.09. The van der Waals surface area contributed by atoms with Crippen LogP contribution in [0.4, 0.5) is 11.4 Å². The molecule has 2 aromatic carbocycles. The molecular formula is C28H37N5O9S3. The molecule has 2 aliphatic rings. The number of rotatable bonds is 14. The molecule has 1 atom stereocenters. The highest BCUT2D eigenvalue weighted by atomic mass is 32.2. The molecule has 1 aliphatic carbocycles. The van der Waals surface area contributed by atoms with Crippen LogP contribution in [0.1, 0.15) is 37.8 Å². The summed E-state index contributed by atoms with van der Waals surface area (Å²) in [4.78, 5) is 14.2. The molecular weight excluding hydrogens is 647 g/mol. The van der Waals surface area contributed by atoms with E-state index in [2.05, 4.69) is 24.5 Å². The molecule has 0 bridgehead atoms. The fourth-order valence-corrected chi connectivity index (χ4v) is 8.19. The molecule has 0 saturated heterocycles. The van der Waals surface area contributed by atoms with Crippen molar-refractivity contribution in [2.75, 3.05) is 48.9 Å². The molecule has 5 N–H and O–H groups in total. The Hall–Kier alpha value is -3.35. The first-order valence-electron chi connectivity index (χ1n) is 14.0. The predicted octanol–water partition coefficient (Wildman–Crippen LogP) is 1.91. The number of ketones is 1. The van der Waals surface area contributed by atoms with Crippen LogP contribution in [0, 0.1) is 5.92 Å². The number of benzene rings is 2. The molecule has 0 saturated carbocycles. The van der Waals surface area contributed by atoms with Crippen LogP contribution in [0.15, 0.2) is 57.3 Å². The monoisotopic (exact) mass is 683 g/mol. The number of aliphatic hydroxyl groups is 1. The second-order valence-corrected chi connectivity index (χ2v) is 16.4. The highest BCUT2D eigenvalue weighted by molar-refractivity contribution is 7.92. The largest absolute Gasteiger partial charge is 0.506 e. The van der Waals surface area contributed by atoms with Gasteiger partial charge in [0.2, 0.25) is 20.0 Å². The fraction of sp³-hybridized carbons (Fsp3) is 0.429. The summed E-state index contributed by atoms with van der Waals surface area (Å²) in [6.07, 6.45) is 1.32. The van der Waals surface area contributed by atoms with Crippen LogP contribution in [-0.4, -0.2) is 80.8 Å². The number of fused-ring (bicyclic) bond motifs is 2. The maximum atomic E-state index is 14.6. The zero-order valence-corrected chi connectivity index (χ0v) is 27.7. The van der Waals surface area contributed by atoms with Crippen LogP contribution in [0.25, 0.3) is 5.76 Å². The lowest BCUT2D eigenvalue weighted by Crippen LogP contribution is -2.56. The Bertz CT molecular complexity index is 1870. The van der Waals surface area contributed by atoms with Crippen molar-refractivity contribution in [3.63, 3.8) is 0 Å². The lowest BCUT2D eigenvalue weighted by atomic mass is 9.72. The van der Waals surface area contributed by atoms with E-state index in [4.69, 9.17) is 4.74 Å². The van der Waals surface area contributed by atoms with E-state index in [1.165, 1.54) is 25.3 Å². The van der Waals surface area contributed by atoms with Crippen molar-refractivity contribution in [1.29, 1.82) is 0 Å². The van der Waals surface area contributed by atoms with E-state index in [1.807, 2.05) is 13.8 Å². The standard InChI is InChI=1S/C28H37N5O9S3/c1-18(2)11-12-28(33-44(38,39)16-14-29-13-15-42-3)21-8-6-5-7-20(21)25(34)24(26(28)35)27-30-22-10-9-19(31-43(4,36)37)17-23(22)45(40,41)32-27/h5-10,17-18,29,31,33-34H,11-16H2,1-4H3,(H,30,32). The van der Waals surface area contributed by atoms with Gasteiger partial charge in [0.1, 0.15) is 21.8 Å². The smallest absolute Gasteiger partial charge is 0.286 e. The predicted molar refractivity (Wildman–Crippen MR) is 172 cm³/mol. The van der Waals surface area contributed by atoms with Gasteiger partial charge in [-0.25, -0.2) is 16.8 Å². The highest BCUT2D eigenvalue weighted by Gasteiger charge is 2.51. The van der Waals surface area contributed by atoms with Crippen molar-refractivity contribution in [3.05, 3.63) is 59.2 Å². The summed E-state index contributed by atoms with van der Waals surface area (Å²) >= 11 is 0. The number of nitrogens with zero attached hydrogens (tertiary/aromatic N) is 1. The van der Waals surface area contributed by atoms with Crippen LogP contribution in [-0.2, 0) is 45.1 Å². The van der Waals surface area contributed by atoms with Gasteiger partial charge in [-0.1, -0.05) is 38.1 Å². The average molecular weight is 684 g/mol. The Morgan fingerprint density at radius 3 is 2.47 bits per heavy atom. The van der Waals surface area contributed by atoms with Crippen LogP contribution in [0.2, 0.25) is 0 Å². The van der Waals surface area contributed by atoms with Gasteiger partial charge < -0.3 is 20.5 Å². The van der Waals surface area contributed by atoms with E-state index < -0.39 is 58.6 Å². The number of amidine groups is 1. The molecule has 1 aliphatic heterocycles. The second-order valence-electron chi connectivity index (χ2n) is 11.2. The van der Waals surface area contributed by atoms with Crippen molar-refractivity contribution in [2.24, 2.45) is 10.3 Å². The SMILES string of the molecule is COCCNCCS(=O)(=O)NC1(CCC(C)C)C(=O)C(C2=NS(=O)(=O)c3cc(NS(C)(=O)=O)ccc3N2)=C(O)c2ccccc21. The van der Waals surface area contributed by atoms with Crippen molar-refractivity contribution in [2.45, 2.75) is 37.1 Å². The maximum Gasteiger partial charge on any atom is 0.286 e. The minimum atomic E-state index is -4.52. The normalized spacial score (nSPS) is 19.5. The fourth-order valence-electron chi connectivity index (χ4n) is 5.13. The molecule has 246 valence electrons. The minimum Gasteiger partial charge on any atom is -0.506 e. The van der Waals surface area contributed by atoms with Crippen LogP contribution < -0.4 is 20.1 Å². The number of aliphatic hydroxyl groups excluding tert-OH is 1. The van der Waals surface area contributed by atoms with Gasteiger partial charge in [0.25, 0.3) is 10.0 Å². The van der Waals surface area contributed by atoms with Gasteiger partial charge in [-0.05, 0) is 42.5 Å². The van der Waals surface area contributed by atoms with Gasteiger partial charge >= 0.3 is 0 Å². The zero-order valence-electron chi connectivity index (χ0n) is 25.2. The Morgan fingerprint density at radius 2 is 1.80 bits per heavy atom. The number of ether oxygens (including phenoxy) is 1. The first-order valence-corrected chi connectivity index (χ1v) is 19.0. The lowest BCUT2D eigenvalue weighted by Gasteiger charge is -2.39. The molecule has 0 amide bonds. The summed E-state index contributed by atoms with van der Waals surface area (Å²) in [6.45, 7) is 4.70. The first kappa shape index (κ1) is 34.5. The molecule has 17 heteroatoms. The number of Topliss-reactive ketones (excluding diaryl/α,β-unsaturated/α-hetero) is 1. The molecule has 1 heterocycles. The Balaban J connectivity index is 1.83. The molecule has 2 aromatic rings. The number of carbonyl (C=O) groups is 1. The molecule has 0 spiro atoms. The number of hydrogen-bond acceptors (Lipinski definition) is 11. The molecule has 14 nitrogen and oxygen atoms in total. The molecule has 0 fully saturated rings. The van der Waals surface area contributed by atoms with Gasteiger partial charge in [-0.2, -0.15) is 13.1 Å². The summed E-state index contributed by atoms with van der Waals surface area (Å²) in [5.74, 6) is -2.27. The number of methoxy groups -OCH3 is 1. The van der Waals surface area contributed by atoms with E-state index in [1.54, 1.807) is 18.2 Å². The van der Waals surface area contributed by atoms with Gasteiger partial charge in [-0.15, -0.1) is 4.40 Å². The number of nitrogens with one attached hydrogen (secondary N) is 4. The van der Waals surface area contributed by atoms with E-state index >= 15 is 0 Å². The lowest BCUT2D eigenvalue weighted by molar-refractivity contribution is -0.121. The van der Waals surface area contributed by atoms with Crippen molar-refractivity contribution in [1.82, 2.24) is 10.0 Å². The van der Waals surface area contributed by atoms with Crippen LogP contribution >= 0.6 is 0 Å². The van der Waals surface area contributed by atoms with Gasteiger partial charge in [0, 0.05) is 31.5 Å². The summed E-state index contributed by atoms with van der Waals surface area (Å²) < 4.78 is 90.7. The molecule has 1 unspecified atom stereocenters. The quantitative estimate of drug-likeness (QED) is 0.182. The molecule has 4 rings (SSSR count). The Kier molecular flexibility index (Phi) is 10.1. The Morgan fingerprint density at radius 1 is 1.09 bits per heavy atom. The number of sulfonamides is 3. The molecule has 0 aromatic heterocycles. The van der Waals surface area contributed by atoms with Crippen molar-refractivity contribution >= 4 is 58.8 Å². The van der Waals surface area contributed by atoms with E-state index in [0.29, 0.717) is 19.6 Å². The minimum absolute atomic E-state index is 0.00473.